The maximum atomic E-state index is 14.2. The van der Waals surface area contributed by atoms with E-state index < -0.39 is 29.5 Å². The zero-order valence-electron chi connectivity index (χ0n) is 16.5. The van der Waals surface area contributed by atoms with Gasteiger partial charge in [-0.1, -0.05) is 48.5 Å². The Bertz CT molecular complexity index is 1260. The number of para-hydroxylation sites is 2. The monoisotopic (exact) mass is 434 g/mol. The van der Waals surface area contributed by atoms with Crippen LogP contribution in [0.1, 0.15) is 11.1 Å². The van der Waals surface area contributed by atoms with Gasteiger partial charge in [-0.3, -0.25) is 14.9 Å². The van der Waals surface area contributed by atoms with Crippen molar-refractivity contribution in [2.45, 2.75) is 6.61 Å². The number of urea groups is 1. The Morgan fingerprint density at radius 2 is 1.50 bits per heavy atom. The summed E-state index contributed by atoms with van der Waals surface area (Å²) in [6, 6.07) is 16.8. The van der Waals surface area contributed by atoms with Gasteiger partial charge in [-0.05, 0) is 30.3 Å². The highest BCUT2D eigenvalue weighted by Gasteiger charge is 2.38. The number of amides is 4. The van der Waals surface area contributed by atoms with E-state index >= 15 is 0 Å². The van der Waals surface area contributed by atoms with E-state index in [1.807, 2.05) is 5.32 Å². The number of anilines is 1. The van der Waals surface area contributed by atoms with Crippen molar-refractivity contribution in [3.05, 3.63) is 101 Å². The first-order chi connectivity index (χ1) is 15.5. The van der Waals surface area contributed by atoms with Crippen LogP contribution in [-0.4, -0.2) is 17.8 Å². The quantitative estimate of drug-likeness (QED) is 0.482. The van der Waals surface area contributed by atoms with Crippen LogP contribution in [0, 0.1) is 11.6 Å². The van der Waals surface area contributed by atoms with Gasteiger partial charge in [0.25, 0.3) is 11.8 Å². The standard InChI is InChI=1S/C24H16F2N2O4/c25-18-9-3-1-8-16(18)14-32-21-12-6-2-7-15(21)13-17-22(29)27-24(31)28(23(17)30)20-11-5-4-10-19(20)26/h1-13H,14H2,(H,27,29,31)/b17-13-. The molecule has 0 aliphatic carbocycles. The van der Waals surface area contributed by atoms with Gasteiger partial charge in [-0.25, -0.2) is 18.5 Å². The number of nitrogens with one attached hydrogen (secondary N) is 1. The fourth-order valence-electron chi connectivity index (χ4n) is 3.17. The first kappa shape index (κ1) is 20.9. The van der Waals surface area contributed by atoms with E-state index in [1.54, 1.807) is 42.5 Å². The average molecular weight is 434 g/mol. The minimum Gasteiger partial charge on any atom is -0.488 e. The fraction of sp³-hybridized carbons (Fsp3) is 0.0417. The van der Waals surface area contributed by atoms with Gasteiger partial charge in [0, 0.05) is 11.1 Å². The average Bonchev–Trinajstić information content (AvgIpc) is 2.78. The van der Waals surface area contributed by atoms with Crippen LogP contribution >= 0.6 is 0 Å². The van der Waals surface area contributed by atoms with Gasteiger partial charge in [-0.15, -0.1) is 0 Å². The van der Waals surface area contributed by atoms with E-state index in [1.165, 1.54) is 30.3 Å². The number of barbiturate groups is 1. The van der Waals surface area contributed by atoms with Crippen molar-refractivity contribution in [3.8, 4) is 5.75 Å². The van der Waals surface area contributed by atoms with Gasteiger partial charge in [0.15, 0.2) is 0 Å². The van der Waals surface area contributed by atoms with E-state index in [2.05, 4.69) is 0 Å². The molecule has 0 spiro atoms. The Hall–Kier alpha value is -4.33. The summed E-state index contributed by atoms with van der Waals surface area (Å²) in [5.74, 6) is -2.83. The lowest BCUT2D eigenvalue weighted by atomic mass is 10.1. The molecule has 1 aliphatic heterocycles. The SMILES string of the molecule is O=C1NC(=O)N(c2ccccc2F)C(=O)/C1=C\c1ccccc1OCc1ccccc1F. The molecule has 32 heavy (non-hydrogen) atoms. The molecule has 1 heterocycles. The molecule has 1 aliphatic rings. The summed E-state index contributed by atoms with van der Waals surface area (Å²) in [4.78, 5) is 38.1. The predicted octanol–water partition coefficient (Wildman–Crippen LogP) is 4.21. The van der Waals surface area contributed by atoms with E-state index in [9.17, 15) is 23.2 Å². The lowest BCUT2D eigenvalue weighted by Gasteiger charge is -2.26. The third-order valence-corrected chi connectivity index (χ3v) is 4.75. The zero-order valence-corrected chi connectivity index (χ0v) is 16.5. The molecule has 0 atom stereocenters. The highest BCUT2D eigenvalue weighted by Crippen LogP contribution is 2.27. The van der Waals surface area contributed by atoms with Crippen LogP contribution in [0.4, 0.5) is 19.3 Å². The van der Waals surface area contributed by atoms with Crippen molar-refractivity contribution < 1.29 is 27.9 Å². The second-order valence-electron chi connectivity index (χ2n) is 6.83. The molecule has 3 aromatic carbocycles. The van der Waals surface area contributed by atoms with Crippen molar-refractivity contribution >= 4 is 29.6 Å². The third kappa shape index (κ3) is 4.11. The Morgan fingerprint density at radius 3 is 2.25 bits per heavy atom. The minimum atomic E-state index is -1.05. The number of benzene rings is 3. The number of hydrogen-bond acceptors (Lipinski definition) is 4. The van der Waals surface area contributed by atoms with Gasteiger partial charge in [0.1, 0.15) is 29.6 Å². The van der Waals surface area contributed by atoms with Crippen molar-refractivity contribution in [2.24, 2.45) is 0 Å². The van der Waals surface area contributed by atoms with Gasteiger partial charge in [-0.2, -0.15) is 0 Å². The van der Waals surface area contributed by atoms with Gasteiger partial charge in [0.2, 0.25) is 0 Å². The van der Waals surface area contributed by atoms with Crippen LogP contribution in [0.2, 0.25) is 0 Å². The lowest BCUT2D eigenvalue weighted by molar-refractivity contribution is -0.122. The molecular weight excluding hydrogens is 418 g/mol. The smallest absolute Gasteiger partial charge is 0.336 e. The fourth-order valence-corrected chi connectivity index (χ4v) is 3.17. The highest BCUT2D eigenvalue weighted by atomic mass is 19.1. The lowest BCUT2D eigenvalue weighted by Crippen LogP contribution is -2.54. The maximum Gasteiger partial charge on any atom is 0.336 e. The van der Waals surface area contributed by atoms with Crippen molar-refractivity contribution in [2.75, 3.05) is 4.90 Å². The summed E-state index contributed by atoms with van der Waals surface area (Å²) in [7, 11) is 0. The van der Waals surface area contributed by atoms with Crippen molar-refractivity contribution in [1.29, 1.82) is 0 Å². The number of imide groups is 2. The van der Waals surface area contributed by atoms with Gasteiger partial charge in [0.05, 0.1) is 5.69 Å². The number of ether oxygens (including phenoxy) is 1. The van der Waals surface area contributed by atoms with Crippen LogP contribution < -0.4 is 15.0 Å². The molecule has 0 unspecified atom stereocenters. The van der Waals surface area contributed by atoms with Crippen LogP contribution in [0.5, 0.6) is 5.75 Å². The first-order valence-corrected chi connectivity index (χ1v) is 9.57. The molecule has 0 aromatic heterocycles. The zero-order chi connectivity index (χ0) is 22.7. The number of hydrogen-bond donors (Lipinski definition) is 1. The number of nitrogens with zero attached hydrogens (tertiary/aromatic N) is 1. The summed E-state index contributed by atoms with van der Waals surface area (Å²) in [6.07, 6.45) is 1.24. The molecule has 1 fully saturated rings. The Kier molecular flexibility index (Phi) is 5.76. The largest absolute Gasteiger partial charge is 0.488 e. The second-order valence-corrected chi connectivity index (χ2v) is 6.83. The van der Waals surface area contributed by atoms with Crippen LogP contribution in [-0.2, 0) is 16.2 Å². The molecule has 1 N–H and O–H groups in total. The summed E-state index contributed by atoms with van der Waals surface area (Å²) < 4.78 is 33.8. The first-order valence-electron chi connectivity index (χ1n) is 9.57. The molecule has 0 saturated carbocycles. The summed E-state index contributed by atoms with van der Waals surface area (Å²) in [6.45, 7) is -0.0765. The van der Waals surface area contributed by atoms with Gasteiger partial charge >= 0.3 is 6.03 Å². The summed E-state index contributed by atoms with van der Waals surface area (Å²) in [5.41, 5.74) is 0.0234. The number of carbonyl (C=O) groups excluding carboxylic acids is 3. The molecule has 4 rings (SSSR count). The van der Waals surface area contributed by atoms with E-state index in [0.717, 1.165) is 6.07 Å². The van der Waals surface area contributed by atoms with Crippen molar-refractivity contribution in [3.63, 3.8) is 0 Å². The molecule has 160 valence electrons. The second kappa shape index (κ2) is 8.81. The van der Waals surface area contributed by atoms with Crippen molar-refractivity contribution in [1.82, 2.24) is 5.32 Å². The number of carbonyl (C=O) groups is 3. The van der Waals surface area contributed by atoms with Crippen LogP contribution in [0.25, 0.3) is 6.08 Å². The Morgan fingerprint density at radius 1 is 0.844 bits per heavy atom. The minimum absolute atomic E-state index is 0.0765. The predicted molar refractivity (Wildman–Crippen MR) is 113 cm³/mol. The molecule has 6 nitrogen and oxygen atoms in total. The highest BCUT2D eigenvalue weighted by molar-refractivity contribution is 6.39. The molecule has 0 bridgehead atoms. The molecule has 3 aromatic rings. The van der Waals surface area contributed by atoms with E-state index in [4.69, 9.17) is 4.74 Å². The Balaban J connectivity index is 1.66. The summed E-state index contributed by atoms with van der Waals surface area (Å²) >= 11 is 0. The molecule has 1 saturated heterocycles. The molecule has 0 radical (unpaired) electrons. The third-order valence-electron chi connectivity index (χ3n) is 4.75. The normalized spacial score (nSPS) is 15.1. The van der Waals surface area contributed by atoms with Crippen LogP contribution in [0.3, 0.4) is 0 Å². The molecule has 4 amide bonds. The topological polar surface area (TPSA) is 75.7 Å². The van der Waals surface area contributed by atoms with Gasteiger partial charge < -0.3 is 4.74 Å². The molecular formula is C24H16F2N2O4. The van der Waals surface area contributed by atoms with E-state index in [-0.39, 0.29) is 23.6 Å². The van der Waals surface area contributed by atoms with E-state index in [0.29, 0.717) is 16.0 Å². The molecule has 8 heteroatoms. The van der Waals surface area contributed by atoms with Crippen LogP contribution in [0.15, 0.2) is 78.4 Å². The number of halogens is 2. The maximum absolute atomic E-state index is 14.2. The summed E-state index contributed by atoms with van der Waals surface area (Å²) in [5, 5.41) is 2.04. The number of rotatable bonds is 5. The Labute approximate surface area is 181 Å².